The average Bonchev–Trinajstić information content (AvgIpc) is 2.84. The first-order valence-corrected chi connectivity index (χ1v) is 10.5. The number of rotatable bonds is 4. The molecule has 5 aromatic carbocycles. The molecule has 0 aliphatic heterocycles. The Kier molecular flexibility index (Phi) is 5.22. The molecule has 0 aromatic heterocycles. The van der Waals surface area contributed by atoms with Crippen molar-refractivity contribution in [2.75, 3.05) is 0 Å². The second-order valence-electron chi connectivity index (χ2n) is 7.62. The van der Waals surface area contributed by atoms with Gasteiger partial charge in [0.2, 0.25) is 0 Å². The Morgan fingerprint density at radius 1 is 0.656 bits per heavy atom. The van der Waals surface area contributed by atoms with E-state index in [1.54, 1.807) is 0 Å². The summed E-state index contributed by atoms with van der Waals surface area (Å²) >= 11 is 0. The van der Waals surface area contributed by atoms with Gasteiger partial charge in [-0.25, -0.2) is 4.79 Å². The summed E-state index contributed by atoms with van der Waals surface area (Å²) in [6.07, 6.45) is 0. The molecule has 3 heteroatoms. The predicted octanol–water partition coefficient (Wildman–Crippen LogP) is 6.98. The van der Waals surface area contributed by atoms with Gasteiger partial charge in [-0.1, -0.05) is 114 Å². The van der Waals surface area contributed by atoms with Gasteiger partial charge in [-0.2, -0.15) is 0 Å². The van der Waals surface area contributed by atoms with E-state index in [0.29, 0.717) is 5.71 Å². The SMILES string of the molecule is CC(=O)O/N=C(/c1ccccc1)c1ccc2ccccc2c1-c1cccc2ccccc12. The van der Waals surface area contributed by atoms with Gasteiger partial charge in [0.05, 0.1) is 0 Å². The number of hydrogen-bond donors (Lipinski definition) is 0. The minimum atomic E-state index is -0.453. The minimum Gasteiger partial charge on any atom is -0.318 e. The molecule has 32 heavy (non-hydrogen) atoms. The van der Waals surface area contributed by atoms with E-state index in [9.17, 15) is 4.79 Å². The average molecular weight is 415 g/mol. The van der Waals surface area contributed by atoms with Crippen molar-refractivity contribution >= 4 is 33.2 Å². The molecule has 154 valence electrons. The molecule has 0 aliphatic carbocycles. The Morgan fingerprint density at radius 3 is 2.03 bits per heavy atom. The molecular weight excluding hydrogens is 394 g/mol. The van der Waals surface area contributed by atoms with Crippen molar-refractivity contribution in [1.29, 1.82) is 0 Å². The molecule has 0 spiro atoms. The smallest absolute Gasteiger partial charge is 0.318 e. The lowest BCUT2D eigenvalue weighted by Gasteiger charge is -2.17. The summed E-state index contributed by atoms with van der Waals surface area (Å²) in [6.45, 7) is 1.36. The Bertz CT molecular complexity index is 1460. The third-order valence-corrected chi connectivity index (χ3v) is 5.56. The molecule has 0 amide bonds. The van der Waals surface area contributed by atoms with Crippen LogP contribution in [0.4, 0.5) is 0 Å². The van der Waals surface area contributed by atoms with E-state index < -0.39 is 5.97 Å². The van der Waals surface area contributed by atoms with E-state index >= 15 is 0 Å². The Hall–Kier alpha value is -4.24. The molecule has 0 bridgehead atoms. The van der Waals surface area contributed by atoms with Crippen LogP contribution in [0.3, 0.4) is 0 Å². The van der Waals surface area contributed by atoms with Gasteiger partial charge < -0.3 is 4.84 Å². The maximum Gasteiger partial charge on any atom is 0.332 e. The van der Waals surface area contributed by atoms with Gasteiger partial charge in [0.15, 0.2) is 0 Å². The molecular formula is C29H21NO2. The molecule has 3 nitrogen and oxygen atoms in total. The lowest BCUT2D eigenvalue weighted by atomic mass is 9.87. The highest BCUT2D eigenvalue weighted by atomic mass is 16.7. The van der Waals surface area contributed by atoms with E-state index in [4.69, 9.17) is 4.84 Å². The van der Waals surface area contributed by atoms with Crippen molar-refractivity contribution in [2.24, 2.45) is 5.16 Å². The first-order valence-electron chi connectivity index (χ1n) is 10.5. The van der Waals surface area contributed by atoms with Gasteiger partial charge in [-0.05, 0) is 32.7 Å². The van der Waals surface area contributed by atoms with E-state index in [2.05, 4.69) is 65.8 Å². The van der Waals surface area contributed by atoms with Crippen LogP contribution >= 0.6 is 0 Å². The Labute approximate surface area is 186 Å². The van der Waals surface area contributed by atoms with Crippen molar-refractivity contribution in [2.45, 2.75) is 6.92 Å². The zero-order chi connectivity index (χ0) is 21.9. The highest BCUT2D eigenvalue weighted by Crippen LogP contribution is 2.37. The van der Waals surface area contributed by atoms with E-state index in [1.807, 2.05) is 48.5 Å². The van der Waals surface area contributed by atoms with Crippen LogP contribution in [-0.2, 0) is 9.63 Å². The number of carbonyl (C=O) groups is 1. The van der Waals surface area contributed by atoms with E-state index in [-0.39, 0.29) is 0 Å². The summed E-state index contributed by atoms with van der Waals surface area (Å²) in [7, 11) is 0. The maximum atomic E-state index is 11.6. The lowest BCUT2D eigenvalue weighted by Crippen LogP contribution is -2.08. The van der Waals surface area contributed by atoms with E-state index in [1.165, 1.54) is 12.3 Å². The summed E-state index contributed by atoms with van der Waals surface area (Å²) in [5.74, 6) is -0.453. The van der Waals surface area contributed by atoms with E-state index in [0.717, 1.165) is 38.4 Å². The summed E-state index contributed by atoms with van der Waals surface area (Å²) < 4.78 is 0. The Balaban J connectivity index is 1.88. The summed E-state index contributed by atoms with van der Waals surface area (Å²) in [6, 6.07) is 37.0. The lowest BCUT2D eigenvalue weighted by molar-refractivity contribution is -0.140. The van der Waals surface area contributed by atoms with Gasteiger partial charge in [0.25, 0.3) is 0 Å². The van der Waals surface area contributed by atoms with Crippen molar-refractivity contribution in [3.63, 3.8) is 0 Å². The fraction of sp³-hybridized carbons (Fsp3) is 0.0345. The van der Waals surface area contributed by atoms with Crippen molar-refractivity contribution in [3.8, 4) is 11.1 Å². The largest absolute Gasteiger partial charge is 0.332 e. The van der Waals surface area contributed by atoms with Gasteiger partial charge in [-0.3, -0.25) is 0 Å². The van der Waals surface area contributed by atoms with Gasteiger partial charge in [0, 0.05) is 18.1 Å². The van der Waals surface area contributed by atoms with Crippen molar-refractivity contribution in [1.82, 2.24) is 0 Å². The Morgan fingerprint density at radius 2 is 1.28 bits per heavy atom. The molecule has 0 radical (unpaired) electrons. The first-order chi connectivity index (χ1) is 15.7. The maximum absolute atomic E-state index is 11.6. The van der Waals surface area contributed by atoms with Crippen molar-refractivity contribution in [3.05, 3.63) is 120 Å². The summed E-state index contributed by atoms with van der Waals surface area (Å²) in [5, 5.41) is 8.89. The first kappa shape index (κ1) is 19.7. The molecule has 0 aliphatic rings. The van der Waals surface area contributed by atoms with Crippen LogP contribution in [0.1, 0.15) is 18.1 Å². The predicted molar refractivity (Wildman–Crippen MR) is 131 cm³/mol. The van der Waals surface area contributed by atoms with Crippen molar-refractivity contribution < 1.29 is 9.63 Å². The fourth-order valence-corrected chi connectivity index (χ4v) is 4.17. The van der Waals surface area contributed by atoms with Gasteiger partial charge in [-0.15, -0.1) is 0 Å². The second-order valence-corrected chi connectivity index (χ2v) is 7.62. The van der Waals surface area contributed by atoms with Crippen LogP contribution in [-0.4, -0.2) is 11.7 Å². The zero-order valence-electron chi connectivity index (χ0n) is 17.7. The van der Waals surface area contributed by atoms with Crippen LogP contribution < -0.4 is 0 Å². The summed E-state index contributed by atoms with van der Waals surface area (Å²) in [5.41, 5.74) is 4.59. The normalized spacial score (nSPS) is 11.6. The van der Waals surface area contributed by atoms with Crippen LogP contribution in [0.5, 0.6) is 0 Å². The fourth-order valence-electron chi connectivity index (χ4n) is 4.17. The van der Waals surface area contributed by atoms with Crippen LogP contribution in [0.25, 0.3) is 32.7 Å². The molecule has 0 N–H and O–H groups in total. The summed E-state index contributed by atoms with van der Waals surface area (Å²) in [4.78, 5) is 16.8. The van der Waals surface area contributed by atoms with Gasteiger partial charge >= 0.3 is 5.97 Å². The van der Waals surface area contributed by atoms with Crippen LogP contribution in [0.15, 0.2) is 114 Å². The highest BCUT2D eigenvalue weighted by Gasteiger charge is 2.18. The number of benzene rings is 5. The molecule has 0 heterocycles. The molecule has 5 aromatic rings. The number of oxime groups is 1. The number of hydrogen-bond acceptors (Lipinski definition) is 3. The molecule has 5 rings (SSSR count). The number of carbonyl (C=O) groups excluding carboxylic acids is 1. The monoisotopic (exact) mass is 415 g/mol. The molecule has 0 atom stereocenters. The van der Waals surface area contributed by atoms with Crippen LogP contribution in [0, 0.1) is 0 Å². The van der Waals surface area contributed by atoms with Gasteiger partial charge in [0.1, 0.15) is 5.71 Å². The highest BCUT2D eigenvalue weighted by molar-refractivity contribution is 6.21. The minimum absolute atomic E-state index is 0.453. The molecule has 0 unspecified atom stereocenters. The number of fused-ring (bicyclic) bond motifs is 2. The van der Waals surface area contributed by atoms with Crippen LogP contribution in [0.2, 0.25) is 0 Å². The number of nitrogens with zero attached hydrogens (tertiary/aromatic N) is 1. The quantitative estimate of drug-likeness (QED) is 0.180. The third-order valence-electron chi connectivity index (χ3n) is 5.56. The standard InChI is InChI=1S/C29H21NO2/c1-20(31)32-30-29(23-12-3-2-4-13-23)27-19-18-22-11-6-8-16-25(22)28(27)26-17-9-14-21-10-5-7-15-24(21)26/h2-19H,1H3/b30-29-. The molecule has 0 saturated heterocycles. The molecule has 0 saturated carbocycles. The zero-order valence-corrected chi connectivity index (χ0v) is 17.7. The molecule has 0 fully saturated rings. The second kappa shape index (κ2) is 8.48. The topological polar surface area (TPSA) is 38.7 Å². The third kappa shape index (κ3) is 3.65.